The van der Waals surface area contributed by atoms with Gasteiger partial charge in [-0.2, -0.15) is 5.26 Å². The molecule has 0 aliphatic carbocycles. The van der Waals surface area contributed by atoms with E-state index in [1.165, 1.54) is 12.1 Å². The summed E-state index contributed by atoms with van der Waals surface area (Å²) in [5.74, 6) is 0.587. The summed E-state index contributed by atoms with van der Waals surface area (Å²) >= 11 is 0. The van der Waals surface area contributed by atoms with Crippen molar-refractivity contribution in [2.24, 2.45) is 0 Å². The van der Waals surface area contributed by atoms with Crippen LogP contribution in [0, 0.1) is 21.4 Å². The zero-order valence-electron chi connectivity index (χ0n) is 16.1. The maximum Gasteiger partial charge on any atom is 0.269 e. The predicted octanol–water partition coefficient (Wildman–Crippen LogP) is 4.74. The van der Waals surface area contributed by atoms with Gasteiger partial charge in [-0.3, -0.25) is 10.1 Å². The van der Waals surface area contributed by atoms with Gasteiger partial charge in [0, 0.05) is 23.1 Å². The lowest BCUT2D eigenvalue weighted by molar-refractivity contribution is -0.384. The monoisotopic (exact) mass is 375 g/mol. The summed E-state index contributed by atoms with van der Waals surface area (Å²) in [6.07, 6.45) is 1.18. The molecular formula is C22H21N3O3. The Morgan fingerprint density at radius 2 is 2.04 bits per heavy atom. The number of non-ortho nitro benzene ring substituents is 1. The average Bonchev–Trinajstić information content (AvgIpc) is 2.72. The molecule has 3 aromatic rings. The number of fused-ring (bicyclic) bond motifs is 1. The minimum absolute atomic E-state index is 0.0230. The molecule has 142 valence electrons. The van der Waals surface area contributed by atoms with Crippen LogP contribution in [0.5, 0.6) is 5.88 Å². The molecule has 0 spiro atoms. The van der Waals surface area contributed by atoms with Crippen LogP contribution in [0.25, 0.3) is 10.9 Å². The second-order valence-electron chi connectivity index (χ2n) is 6.97. The quantitative estimate of drug-likeness (QED) is 0.459. The molecule has 1 unspecified atom stereocenters. The third-order valence-corrected chi connectivity index (χ3v) is 4.99. The fourth-order valence-electron chi connectivity index (χ4n) is 3.36. The maximum atomic E-state index is 11.0. The molecule has 0 amide bonds. The Hall–Kier alpha value is -3.46. The number of methoxy groups -OCH3 is 1. The van der Waals surface area contributed by atoms with Crippen LogP contribution in [-0.2, 0) is 18.3 Å². The number of nitro groups is 1. The van der Waals surface area contributed by atoms with Crippen LogP contribution in [0.2, 0.25) is 0 Å². The Kier molecular flexibility index (Phi) is 5.27. The first-order valence-electron chi connectivity index (χ1n) is 9.03. The molecule has 2 aromatic carbocycles. The minimum atomic E-state index is -0.845. The summed E-state index contributed by atoms with van der Waals surface area (Å²) in [7, 11) is 1.60. The molecule has 0 aliphatic rings. The highest BCUT2D eigenvalue weighted by Crippen LogP contribution is 2.32. The lowest BCUT2D eigenvalue weighted by atomic mass is 9.78. The molecule has 0 aliphatic heterocycles. The van der Waals surface area contributed by atoms with Crippen LogP contribution in [0.3, 0.4) is 0 Å². The Balaban J connectivity index is 2.03. The second-order valence-corrected chi connectivity index (χ2v) is 6.97. The van der Waals surface area contributed by atoms with Crippen LogP contribution in [0.4, 0.5) is 5.69 Å². The SMILES string of the molecule is CCc1cc2ccc(C(C)(C#N)Cc3cccc([N+](=O)[O-])c3)cc2nc1OC. The van der Waals surface area contributed by atoms with Crippen molar-refractivity contribution in [3.63, 3.8) is 0 Å². The third kappa shape index (κ3) is 3.65. The highest BCUT2D eigenvalue weighted by molar-refractivity contribution is 5.81. The summed E-state index contributed by atoms with van der Waals surface area (Å²) < 4.78 is 5.39. The van der Waals surface area contributed by atoms with Crippen molar-refractivity contribution in [1.29, 1.82) is 5.26 Å². The van der Waals surface area contributed by atoms with E-state index in [9.17, 15) is 15.4 Å². The Bertz CT molecular complexity index is 1090. The van der Waals surface area contributed by atoms with Gasteiger partial charge in [-0.15, -0.1) is 0 Å². The van der Waals surface area contributed by atoms with Gasteiger partial charge in [0.25, 0.3) is 5.69 Å². The first kappa shape index (κ1) is 19.3. The lowest BCUT2D eigenvalue weighted by Gasteiger charge is -2.23. The summed E-state index contributed by atoms with van der Waals surface area (Å²) in [6, 6.07) is 16.6. The number of rotatable bonds is 6. The van der Waals surface area contributed by atoms with Crippen molar-refractivity contribution in [1.82, 2.24) is 4.98 Å². The van der Waals surface area contributed by atoms with E-state index in [1.807, 2.05) is 32.0 Å². The molecule has 0 bridgehead atoms. The van der Waals surface area contributed by atoms with Gasteiger partial charge in [0.1, 0.15) is 0 Å². The topological polar surface area (TPSA) is 89.0 Å². The smallest absolute Gasteiger partial charge is 0.269 e. The average molecular weight is 375 g/mol. The maximum absolute atomic E-state index is 11.0. The molecule has 6 nitrogen and oxygen atoms in total. The number of aryl methyl sites for hydroxylation is 1. The van der Waals surface area contributed by atoms with Crippen LogP contribution in [0.1, 0.15) is 30.5 Å². The number of hydrogen-bond acceptors (Lipinski definition) is 5. The number of ether oxygens (including phenoxy) is 1. The number of nitriles is 1. The molecule has 6 heteroatoms. The highest BCUT2D eigenvalue weighted by Gasteiger charge is 2.28. The Labute approximate surface area is 163 Å². The van der Waals surface area contributed by atoms with Crippen LogP contribution >= 0.6 is 0 Å². The molecule has 1 heterocycles. The Morgan fingerprint density at radius 3 is 2.68 bits per heavy atom. The minimum Gasteiger partial charge on any atom is -0.481 e. The van der Waals surface area contributed by atoms with Gasteiger partial charge in [-0.25, -0.2) is 4.98 Å². The number of hydrogen-bond donors (Lipinski definition) is 0. The van der Waals surface area contributed by atoms with Gasteiger partial charge in [0.2, 0.25) is 5.88 Å². The standard InChI is InChI=1S/C22H21N3O3/c1-4-16-11-17-8-9-18(12-20(17)24-21(16)28-3)22(2,14-23)13-15-6-5-7-19(10-15)25(26)27/h5-12H,4,13H2,1-3H3. The van der Waals surface area contributed by atoms with E-state index in [2.05, 4.69) is 17.1 Å². The zero-order valence-corrected chi connectivity index (χ0v) is 16.1. The summed E-state index contributed by atoms with van der Waals surface area (Å²) in [5.41, 5.74) is 2.52. The zero-order chi connectivity index (χ0) is 20.3. The molecule has 0 fully saturated rings. The number of aromatic nitrogens is 1. The number of benzene rings is 2. The second kappa shape index (κ2) is 7.65. The summed E-state index contributed by atoms with van der Waals surface area (Å²) in [5, 5.41) is 21.9. The van der Waals surface area contributed by atoms with E-state index in [4.69, 9.17) is 4.74 Å². The van der Waals surface area contributed by atoms with E-state index in [0.29, 0.717) is 12.3 Å². The van der Waals surface area contributed by atoms with Crippen molar-refractivity contribution in [2.75, 3.05) is 7.11 Å². The highest BCUT2D eigenvalue weighted by atomic mass is 16.6. The largest absolute Gasteiger partial charge is 0.481 e. The van der Waals surface area contributed by atoms with Crippen LogP contribution < -0.4 is 4.74 Å². The van der Waals surface area contributed by atoms with E-state index in [0.717, 1.165) is 34.0 Å². The summed E-state index contributed by atoms with van der Waals surface area (Å²) in [6.45, 7) is 3.89. The van der Waals surface area contributed by atoms with E-state index >= 15 is 0 Å². The van der Waals surface area contributed by atoms with Crippen LogP contribution in [0.15, 0.2) is 48.5 Å². The lowest BCUT2D eigenvalue weighted by Crippen LogP contribution is -2.23. The molecule has 1 atom stereocenters. The molecule has 1 aromatic heterocycles. The number of nitro benzene ring substituents is 1. The Morgan fingerprint density at radius 1 is 1.25 bits per heavy atom. The molecule has 28 heavy (non-hydrogen) atoms. The molecule has 0 N–H and O–H groups in total. The molecule has 0 radical (unpaired) electrons. The van der Waals surface area contributed by atoms with Gasteiger partial charge >= 0.3 is 0 Å². The van der Waals surface area contributed by atoms with Crippen molar-refractivity contribution < 1.29 is 9.66 Å². The third-order valence-electron chi connectivity index (χ3n) is 4.99. The van der Waals surface area contributed by atoms with Crippen molar-refractivity contribution in [2.45, 2.75) is 32.1 Å². The first-order chi connectivity index (χ1) is 13.4. The van der Waals surface area contributed by atoms with Crippen molar-refractivity contribution >= 4 is 16.6 Å². The number of pyridine rings is 1. The molecular weight excluding hydrogens is 354 g/mol. The first-order valence-corrected chi connectivity index (χ1v) is 9.03. The van der Waals surface area contributed by atoms with Gasteiger partial charge in [0.05, 0.1) is 29.0 Å². The fourth-order valence-corrected chi connectivity index (χ4v) is 3.36. The molecule has 3 rings (SSSR count). The number of nitrogens with zero attached hydrogens (tertiary/aromatic N) is 3. The normalized spacial score (nSPS) is 12.9. The van der Waals surface area contributed by atoms with E-state index in [1.54, 1.807) is 19.2 Å². The fraction of sp³-hybridized carbons (Fsp3) is 0.273. The van der Waals surface area contributed by atoms with Gasteiger partial charge in [-0.05, 0) is 43.0 Å². The van der Waals surface area contributed by atoms with Gasteiger partial charge in [-0.1, -0.05) is 31.2 Å². The summed E-state index contributed by atoms with van der Waals surface area (Å²) in [4.78, 5) is 15.2. The molecule has 0 saturated carbocycles. The van der Waals surface area contributed by atoms with Crippen molar-refractivity contribution in [3.05, 3.63) is 75.3 Å². The van der Waals surface area contributed by atoms with Crippen LogP contribution in [-0.4, -0.2) is 17.0 Å². The van der Waals surface area contributed by atoms with Crippen molar-refractivity contribution in [3.8, 4) is 11.9 Å². The van der Waals surface area contributed by atoms with E-state index in [-0.39, 0.29) is 5.69 Å². The molecule has 0 saturated heterocycles. The van der Waals surface area contributed by atoms with E-state index < -0.39 is 10.3 Å². The predicted molar refractivity (Wildman–Crippen MR) is 107 cm³/mol. The van der Waals surface area contributed by atoms with Gasteiger partial charge in [0.15, 0.2) is 0 Å². The van der Waals surface area contributed by atoms with Gasteiger partial charge < -0.3 is 4.74 Å².